The van der Waals surface area contributed by atoms with Crippen LogP contribution in [0.25, 0.3) is 6.08 Å². The summed E-state index contributed by atoms with van der Waals surface area (Å²) in [5, 5.41) is 3.32. The second-order valence-electron chi connectivity index (χ2n) is 4.80. The Balaban J connectivity index is 0.00000106. The van der Waals surface area contributed by atoms with Crippen molar-refractivity contribution < 1.29 is 0 Å². The predicted molar refractivity (Wildman–Crippen MR) is 92.9 cm³/mol. The van der Waals surface area contributed by atoms with Crippen LogP contribution >= 0.6 is 0 Å². The van der Waals surface area contributed by atoms with Gasteiger partial charge in [0.1, 0.15) is 0 Å². The van der Waals surface area contributed by atoms with Crippen LogP contribution in [-0.4, -0.2) is 6.54 Å². The third-order valence-electron chi connectivity index (χ3n) is 3.08. The maximum Gasteiger partial charge on any atom is 0.0546 e. The molecular weight excluding hydrogens is 256 g/mol. The number of rotatable bonds is 4. The molecule has 0 unspecified atom stereocenters. The van der Waals surface area contributed by atoms with Crippen molar-refractivity contribution in [2.75, 3.05) is 11.9 Å². The number of terminal acetylenes is 1. The molecule has 2 nitrogen and oxygen atoms in total. The molecule has 0 aromatic heterocycles. The van der Waals surface area contributed by atoms with Crippen molar-refractivity contribution in [1.82, 2.24) is 0 Å². The second kappa shape index (κ2) is 8.50. The van der Waals surface area contributed by atoms with E-state index < -0.39 is 0 Å². The van der Waals surface area contributed by atoms with E-state index in [0.29, 0.717) is 6.54 Å². The molecule has 0 atom stereocenters. The first-order valence-corrected chi connectivity index (χ1v) is 6.81. The fourth-order valence-electron chi connectivity index (χ4n) is 1.88. The fraction of sp³-hybridized carbons (Fsp3) is 0.158. The predicted octanol–water partition coefficient (Wildman–Crippen LogP) is 3.96. The topological polar surface area (TPSA) is 38.0 Å². The van der Waals surface area contributed by atoms with Gasteiger partial charge in [0.05, 0.1) is 6.54 Å². The summed E-state index contributed by atoms with van der Waals surface area (Å²) < 4.78 is 0. The molecule has 0 radical (unpaired) electrons. The third kappa shape index (κ3) is 5.46. The van der Waals surface area contributed by atoms with Crippen molar-refractivity contribution in [3.8, 4) is 12.8 Å². The number of hydrogen-bond acceptors (Lipinski definition) is 2. The summed E-state index contributed by atoms with van der Waals surface area (Å²) in [4.78, 5) is 0. The van der Waals surface area contributed by atoms with Gasteiger partial charge in [0.25, 0.3) is 0 Å². The maximum absolute atomic E-state index is 6.05. The number of aryl methyl sites for hydroxylation is 2. The molecule has 2 aromatic rings. The van der Waals surface area contributed by atoms with Gasteiger partial charge in [-0.3, -0.25) is 0 Å². The van der Waals surface area contributed by atoms with Gasteiger partial charge in [0, 0.05) is 11.4 Å². The van der Waals surface area contributed by atoms with E-state index in [2.05, 4.69) is 68.4 Å². The monoisotopic (exact) mass is 278 g/mol. The van der Waals surface area contributed by atoms with Crippen molar-refractivity contribution >= 4 is 11.8 Å². The Kier molecular flexibility index (Phi) is 6.63. The van der Waals surface area contributed by atoms with E-state index in [4.69, 9.17) is 5.73 Å². The number of nitrogens with two attached hydrogens (primary N) is 1. The minimum Gasteiger partial charge on any atom is -0.401 e. The van der Waals surface area contributed by atoms with Crippen LogP contribution in [0.5, 0.6) is 0 Å². The first-order chi connectivity index (χ1) is 10.1. The van der Waals surface area contributed by atoms with Gasteiger partial charge in [-0.2, -0.15) is 0 Å². The van der Waals surface area contributed by atoms with Crippen molar-refractivity contribution in [2.45, 2.75) is 13.8 Å². The highest BCUT2D eigenvalue weighted by molar-refractivity contribution is 5.57. The van der Waals surface area contributed by atoms with Crippen LogP contribution in [0.2, 0.25) is 0 Å². The Morgan fingerprint density at radius 2 is 1.67 bits per heavy atom. The first kappa shape index (κ1) is 16.4. The van der Waals surface area contributed by atoms with Gasteiger partial charge >= 0.3 is 0 Å². The Morgan fingerprint density at radius 3 is 2.29 bits per heavy atom. The van der Waals surface area contributed by atoms with Crippen molar-refractivity contribution in [1.29, 1.82) is 0 Å². The molecule has 0 aliphatic carbocycles. The lowest BCUT2D eigenvalue weighted by molar-refractivity contribution is 1.18. The van der Waals surface area contributed by atoms with E-state index in [-0.39, 0.29) is 0 Å². The van der Waals surface area contributed by atoms with Crippen LogP contribution in [0.1, 0.15) is 16.7 Å². The molecule has 108 valence electrons. The molecule has 21 heavy (non-hydrogen) atoms. The SMILES string of the molecule is C#C.Cc1ccc(NC/C(N)=C/c2ccccc2C)cc1. The number of benzene rings is 2. The maximum atomic E-state index is 6.05. The quantitative estimate of drug-likeness (QED) is 0.831. The van der Waals surface area contributed by atoms with E-state index in [1.807, 2.05) is 18.2 Å². The minimum atomic E-state index is 0.650. The van der Waals surface area contributed by atoms with E-state index in [1.54, 1.807) is 0 Å². The van der Waals surface area contributed by atoms with Gasteiger partial charge in [0.15, 0.2) is 0 Å². The van der Waals surface area contributed by atoms with Crippen molar-refractivity contribution in [3.63, 3.8) is 0 Å². The van der Waals surface area contributed by atoms with Crippen LogP contribution in [0, 0.1) is 26.7 Å². The molecule has 0 spiro atoms. The van der Waals surface area contributed by atoms with Gasteiger partial charge < -0.3 is 11.1 Å². The van der Waals surface area contributed by atoms with Gasteiger partial charge in [-0.1, -0.05) is 42.0 Å². The molecule has 0 fully saturated rings. The minimum absolute atomic E-state index is 0.650. The average molecular weight is 278 g/mol. The normalized spacial score (nSPS) is 10.4. The second-order valence-corrected chi connectivity index (χ2v) is 4.80. The summed E-state index contributed by atoms with van der Waals surface area (Å²) in [7, 11) is 0. The zero-order chi connectivity index (χ0) is 15.7. The highest BCUT2D eigenvalue weighted by atomic mass is 14.9. The van der Waals surface area contributed by atoms with Gasteiger partial charge in [-0.15, -0.1) is 12.8 Å². The van der Waals surface area contributed by atoms with Gasteiger partial charge in [0.2, 0.25) is 0 Å². The Morgan fingerprint density at radius 1 is 1.05 bits per heavy atom. The summed E-state index contributed by atoms with van der Waals surface area (Å²) in [5.41, 5.74) is 11.6. The van der Waals surface area contributed by atoms with Crippen LogP contribution in [0.3, 0.4) is 0 Å². The molecule has 0 saturated carbocycles. The lowest BCUT2D eigenvalue weighted by atomic mass is 10.1. The Hall–Kier alpha value is -2.66. The standard InChI is InChI=1S/C17H20N2.C2H2/c1-13-7-9-17(10-8-13)19-12-16(18)11-15-6-4-3-5-14(15)2;1-2/h3-11,19H,12,18H2,1-2H3;1-2H/b16-11-;. The molecule has 0 heterocycles. The zero-order valence-electron chi connectivity index (χ0n) is 12.6. The summed E-state index contributed by atoms with van der Waals surface area (Å²) in [6.07, 6.45) is 10.0. The Bertz CT molecular complexity index is 607. The Labute approximate surface area is 127 Å². The van der Waals surface area contributed by atoms with Crippen LogP contribution < -0.4 is 11.1 Å². The number of anilines is 1. The molecule has 2 heteroatoms. The van der Waals surface area contributed by atoms with E-state index in [0.717, 1.165) is 11.4 Å². The number of hydrogen-bond donors (Lipinski definition) is 2. The van der Waals surface area contributed by atoms with E-state index >= 15 is 0 Å². The summed E-state index contributed by atoms with van der Waals surface area (Å²) >= 11 is 0. The largest absolute Gasteiger partial charge is 0.401 e. The highest BCUT2D eigenvalue weighted by Gasteiger charge is 1.96. The molecule has 0 aliphatic rings. The third-order valence-corrected chi connectivity index (χ3v) is 3.08. The molecule has 3 N–H and O–H groups in total. The smallest absolute Gasteiger partial charge is 0.0546 e. The summed E-state index contributed by atoms with van der Waals surface area (Å²) in [5.74, 6) is 0. The highest BCUT2D eigenvalue weighted by Crippen LogP contribution is 2.12. The van der Waals surface area contributed by atoms with Crippen LogP contribution in [-0.2, 0) is 0 Å². The molecule has 0 saturated heterocycles. The lowest BCUT2D eigenvalue weighted by Gasteiger charge is -2.08. The van der Waals surface area contributed by atoms with Gasteiger partial charge in [-0.25, -0.2) is 0 Å². The van der Waals surface area contributed by atoms with Crippen LogP contribution in [0.4, 0.5) is 5.69 Å². The number of nitrogens with one attached hydrogen (secondary N) is 1. The van der Waals surface area contributed by atoms with Gasteiger partial charge in [-0.05, 0) is 43.2 Å². The van der Waals surface area contributed by atoms with E-state index in [9.17, 15) is 0 Å². The first-order valence-electron chi connectivity index (χ1n) is 6.81. The molecule has 2 rings (SSSR count). The molecule has 0 aliphatic heterocycles. The molecule has 2 aromatic carbocycles. The van der Waals surface area contributed by atoms with Crippen molar-refractivity contribution in [3.05, 3.63) is 70.9 Å². The zero-order valence-corrected chi connectivity index (χ0v) is 12.6. The van der Waals surface area contributed by atoms with E-state index in [1.165, 1.54) is 16.7 Å². The molecule has 0 bridgehead atoms. The molecular formula is C19H22N2. The molecule has 0 amide bonds. The summed E-state index contributed by atoms with van der Waals surface area (Å²) in [6.45, 7) is 4.82. The van der Waals surface area contributed by atoms with Crippen molar-refractivity contribution in [2.24, 2.45) is 5.73 Å². The van der Waals surface area contributed by atoms with Crippen LogP contribution in [0.15, 0.2) is 54.2 Å². The lowest BCUT2D eigenvalue weighted by Crippen LogP contribution is -2.11. The summed E-state index contributed by atoms with van der Waals surface area (Å²) in [6, 6.07) is 16.5. The average Bonchev–Trinajstić information content (AvgIpc) is 2.51. The fourth-order valence-corrected chi connectivity index (χ4v) is 1.88.